The number of hydrogen-bond acceptors (Lipinski definition) is 6. The molecule has 0 spiro atoms. The van der Waals surface area contributed by atoms with Crippen molar-refractivity contribution in [3.8, 4) is 17.2 Å². The van der Waals surface area contributed by atoms with E-state index in [2.05, 4.69) is 0 Å². The van der Waals surface area contributed by atoms with E-state index in [0.29, 0.717) is 28.5 Å². The zero-order valence-electron chi connectivity index (χ0n) is 19.4. The van der Waals surface area contributed by atoms with Crippen molar-refractivity contribution in [3.63, 3.8) is 0 Å². The summed E-state index contributed by atoms with van der Waals surface area (Å²) in [6, 6.07) is 18.3. The van der Waals surface area contributed by atoms with Gasteiger partial charge in [0.15, 0.2) is 0 Å². The molecule has 34 heavy (non-hydrogen) atoms. The maximum atomic E-state index is 13.4. The van der Waals surface area contributed by atoms with Crippen LogP contribution in [0.5, 0.6) is 17.2 Å². The van der Waals surface area contributed by atoms with Crippen LogP contribution < -0.4 is 19.1 Å². The van der Waals surface area contributed by atoms with Crippen LogP contribution in [0.1, 0.15) is 22.7 Å². The Hall–Kier alpha value is -4.26. The van der Waals surface area contributed by atoms with E-state index >= 15 is 0 Å². The first-order valence-corrected chi connectivity index (χ1v) is 10.6. The molecule has 7 heteroatoms. The van der Waals surface area contributed by atoms with E-state index < -0.39 is 17.7 Å². The highest BCUT2D eigenvalue weighted by Gasteiger charge is 2.48. The number of hydrogen-bond donors (Lipinski definition) is 1. The van der Waals surface area contributed by atoms with Crippen molar-refractivity contribution in [3.05, 3.63) is 89.0 Å². The number of methoxy groups -OCH3 is 3. The fraction of sp³-hybridized carbons (Fsp3) is 0.185. The topological polar surface area (TPSA) is 85.3 Å². The van der Waals surface area contributed by atoms with Crippen LogP contribution in [0.25, 0.3) is 5.76 Å². The second-order valence-corrected chi connectivity index (χ2v) is 7.76. The van der Waals surface area contributed by atoms with E-state index in [1.807, 2.05) is 19.1 Å². The summed E-state index contributed by atoms with van der Waals surface area (Å²) in [7, 11) is 4.49. The number of nitrogens with zero attached hydrogens (tertiary/aromatic N) is 1. The number of aliphatic hydroxyl groups excluding tert-OH is 1. The smallest absolute Gasteiger partial charge is 0.300 e. The fourth-order valence-electron chi connectivity index (χ4n) is 4.24. The molecule has 3 aromatic carbocycles. The first kappa shape index (κ1) is 22.9. The van der Waals surface area contributed by atoms with Crippen LogP contribution in [-0.4, -0.2) is 38.1 Å². The van der Waals surface area contributed by atoms with Gasteiger partial charge in [-0.25, -0.2) is 0 Å². The van der Waals surface area contributed by atoms with Gasteiger partial charge in [0, 0.05) is 17.3 Å². The fourth-order valence-corrected chi connectivity index (χ4v) is 4.24. The molecule has 1 aliphatic heterocycles. The predicted octanol–water partition coefficient (Wildman–Crippen LogP) is 4.65. The number of ether oxygens (including phenoxy) is 3. The van der Waals surface area contributed by atoms with Crippen molar-refractivity contribution in [2.24, 2.45) is 0 Å². The molecule has 0 aliphatic carbocycles. The Morgan fingerprint density at radius 2 is 1.53 bits per heavy atom. The van der Waals surface area contributed by atoms with Gasteiger partial charge in [0.05, 0.1) is 38.5 Å². The van der Waals surface area contributed by atoms with Gasteiger partial charge in [-0.05, 0) is 36.8 Å². The van der Waals surface area contributed by atoms with Crippen molar-refractivity contribution < 1.29 is 28.9 Å². The number of carbonyl (C=O) groups is 2. The molecule has 0 aromatic heterocycles. The second-order valence-electron chi connectivity index (χ2n) is 7.76. The second kappa shape index (κ2) is 9.31. The van der Waals surface area contributed by atoms with Crippen LogP contribution in [0.15, 0.2) is 72.3 Å². The molecule has 1 aliphatic rings. The van der Waals surface area contributed by atoms with Crippen molar-refractivity contribution >= 4 is 23.1 Å². The van der Waals surface area contributed by atoms with Gasteiger partial charge in [-0.3, -0.25) is 14.5 Å². The zero-order valence-corrected chi connectivity index (χ0v) is 19.4. The molecule has 7 nitrogen and oxygen atoms in total. The number of carbonyl (C=O) groups excluding carboxylic acids is 2. The summed E-state index contributed by atoms with van der Waals surface area (Å²) < 4.78 is 16.2. The number of para-hydroxylation sites is 2. The lowest BCUT2D eigenvalue weighted by atomic mass is 9.94. The number of amides is 1. The third kappa shape index (κ3) is 3.75. The van der Waals surface area contributed by atoms with Crippen molar-refractivity contribution in [2.45, 2.75) is 13.0 Å². The minimum atomic E-state index is -0.913. The van der Waals surface area contributed by atoms with Gasteiger partial charge < -0.3 is 19.3 Å². The number of rotatable bonds is 6. The van der Waals surface area contributed by atoms with Crippen LogP contribution >= 0.6 is 0 Å². The summed E-state index contributed by atoms with van der Waals surface area (Å²) in [5, 5.41) is 11.4. The summed E-state index contributed by atoms with van der Waals surface area (Å²) >= 11 is 0. The Balaban J connectivity index is 2.02. The maximum absolute atomic E-state index is 13.4. The van der Waals surface area contributed by atoms with E-state index in [9.17, 15) is 14.7 Å². The van der Waals surface area contributed by atoms with E-state index in [1.54, 1.807) is 54.6 Å². The molecule has 1 amide bonds. The Kier molecular flexibility index (Phi) is 6.27. The van der Waals surface area contributed by atoms with E-state index in [-0.39, 0.29) is 16.9 Å². The Labute approximate surface area is 197 Å². The zero-order chi connectivity index (χ0) is 24.4. The van der Waals surface area contributed by atoms with Crippen LogP contribution in [-0.2, 0) is 9.59 Å². The maximum Gasteiger partial charge on any atom is 0.300 e. The number of anilines is 1. The summed E-state index contributed by atoms with van der Waals surface area (Å²) in [5.41, 5.74) is 2.17. The summed E-state index contributed by atoms with van der Waals surface area (Å²) in [5.74, 6) is -0.563. The number of Topliss-reactive ketones (excluding diaryl/α,β-unsaturated/α-hetero) is 1. The van der Waals surface area contributed by atoms with Crippen LogP contribution in [0.2, 0.25) is 0 Å². The van der Waals surface area contributed by atoms with Gasteiger partial charge in [0.1, 0.15) is 23.0 Å². The molecule has 1 unspecified atom stereocenters. The molecule has 0 saturated carbocycles. The highest BCUT2D eigenvalue weighted by molar-refractivity contribution is 6.51. The lowest BCUT2D eigenvalue weighted by Crippen LogP contribution is -2.30. The Morgan fingerprint density at radius 3 is 2.21 bits per heavy atom. The molecule has 1 heterocycles. The van der Waals surface area contributed by atoms with Crippen molar-refractivity contribution in [2.75, 3.05) is 26.2 Å². The highest BCUT2D eigenvalue weighted by atomic mass is 16.5. The molecular weight excluding hydrogens is 434 g/mol. The molecule has 0 bridgehead atoms. The average Bonchev–Trinajstić information content (AvgIpc) is 3.13. The van der Waals surface area contributed by atoms with Crippen LogP contribution in [0, 0.1) is 6.92 Å². The molecule has 1 fully saturated rings. The normalized spacial score (nSPS) is 17.1. The van der Waals surface area contributed by atoms with Gasteiger partial charge in [0.2, 0.25) is 0 Å². The van der Waals surface area contributed by atoms with E-state index in [4.69, 9.17) is 14.2 Å². The quantitative estimate of drug-likeness (QED) is 0.328. The standard InChI is InChI=1S/C27H25NO6/c1-16-9-5-7-11-20(16)28-24(18-10-6-8-12-21(18)33-3)23(26(30)27(28)31)25(29)19-14-13-17(32-2)15-22(19)34-4/h5-15,24,29H,1-4H3/b25-23+. The van der Waals surface area contributed by atoms with Gasteiger partial charge in [-0.2, -0.15) is 0 Å². The molecule has 0 radical (unpaired) electrons. The molecule has 3 aromatic rings. The summed E-state index contributed by atoms with van der Waals surface area (Å²) in [6.07, 6.45) is 0. The minimum Gasteiger partial charge on any atom is -0.507 e. The monoisotopic (exact) mass is 459 g/mol. The minimum absolute atomic E-state index is 0.0544. The summed E-state index contributed by atoms with van der Waals surface area (Å²) in [4.78, 5) is 28.2. The molecule has 1 saturated heterocycles. The predicted molar refractivity (Wildman–Crippen MR) is 129 cm³/mol. The van der Waals surface area contributed by atoms with E-state index in [1.165, 1.54) is 26.2 Å². The Morgan fingerprint density at radius 1 is 0.853 bits per heavy atom. The largest absolute Gasteiger partial charge is 0.507 e. The summed E-state index contributed by atoms with van der Waals surface area (Å²) in [6.45, 7) is 1.86. The lowest BCUT2D eigenvalue weighted by molar-refractivity contribution is -0.132. The average molecular weight is 459 g/mol. The molecule has 174 valence electrons. The SMILES string of the molecule is COc1ccc(/C(O)=C2\C(=O)C(=O)N(c3ccccc3C)C2c2ccccc2OC)c(OC)c1. The van der Waals surface area contributed by atoms with Gasteiger partial charge >= 0.3 is 0 Å². The van der Waals surface area contributed by atoms with Gasteiger partial charge in [0.25, 0.3) is 11.7 Å². The first-order valence-electron chi connectivity index (χ1n) is 10.6. The molecule has 1 N–H and O–H groups in total. The number of aryl methyl sites for hydroxylation is 1. The number of aliphatic hydroxyl groups is 1. The third-order valence-corrected chi connectivity index (χ3v) is 5.92. The third-order valence-electron chi connectivity index (χ3n) is 5.92. The molecule has 1 atom stereocenters. The van der Waals surface area contributed by atoms with Gasteiger partial charge in [-0.15, -0.1) is 0 Å². The lowest BCUT2D eigenvalue weighted by Gasteiger charge is -2.27. The molecular formula is C27H25NO6. The first-order chi connectivity index (χ1) is 16.4. The van der Waals surface area contributed by atoms with Crippen LogP contribution in [0.4, 0.5) is 5.69 Å². The van der Waals surface area contributed by atoms with Gasteiger partial charge in [-0.1, -0.05) is 36.4 Å². The number of ketones is 1. The Bertz CT molecular complexity index is 1300. The molecule has 4 rings (SSSR count). The van der Waals surface area contributed by atoms with Crippen molar-refractivity contribution in [1.29, 1.82) is 0 Å². The van der Waals surface area contributed by atoms with E-state index in [0.717, 1.165) is 5.56 Å². The highest BCUT2D eigenvalue weighted by Crippen LogP contribution is 2.46. The van der Waals surface area contributed by atoms with Crippen molar-refractivity contribution in [1.82, 2.24) is 0 Å². The number of benzene rings is 3. The van der Waals surface area contributed by atoms with Crippen LogP contribution in [0.3, 0.4) is 0 Å².